The molecule has 0 saturated heterocycles. The first-order valence-electron chi connectivity index (χ1n) is 6.43. The van der Waals surface area contributed by atoms with Crippen LogP contribution >= 0.6 is 11.8 Å². The van der Waals surface area contributed by atoms with Gasteiger partial charge >= 0.3 is 5.97 Å². The van der Waals surface area contributed by atoms with E-state index in [1.807, 2.05) is 29.8 Å². The maximum absolute atomic E-state index is 10.6. The Morgan fingerprint density at radius 3 is 2.65 bits per heavy atom. The number of aromatic nitrogens is 3. The van der Waals surface area contributed by atoms with Crippen molar-refractivity contribution in [3.8, 4) is 0 Å². The molecule has 0 amide bonds. The fourth-order valence-electron chi connectivity index (χ4n) is 2.51. The molecule has 20 heavy (non-hydrogen) atoms. The number of carboxylic acid groups (broad SMARTS) is 1. The molecule has 0 atom stereocenters. The summed E-state index contributed by atoms with van der Waals surface area (Å²) in [4.78, 5) is 10.6. The number of hydrogen-bond acceptors (Lipinski definition) is 4. The van der Waals surface area contributed by atoms with Crippen LogP contribution in [0.4, 0.5) is 0 Å². The van der Waals surface area contributed by atoms with Crippen LogP contribution in [0.15, 0.2) is 35.5 Å². The third-order valence-corrected chi connectivity index (χ3v) is 4.67. The molecule has 3 rings (SSSR count). The highest BCUT2D eigenvalue weighted by molar-refractivity contribution is 7.99. The van der Waals surface area contributed by atoms with Crippen molar-refractivity contribution in [1.82, 2.24) is 14.8 Å². The Balaban J connectivity index is 1.90. The van der Waals surface area contributed by atoms with Gasteiger partial charge in [0.25, 0.3) is 0 Å². The average molecular weight is 289 g/mol. The van der Waals surface area contributed by atoms with Gasteiger partial charge in [-0.1, -0.05) is 42.1 Å². The number of benzene rings is 1. The summed E-state index contributed by atoms with van der Waals surface area (Å²) in [7, 11) is 1.91. The number of nitrogens with zero attached hydrogens (tertiary/aromatic N) is 3. The van der Waals surface area contributed by atoms with E-state index in [9.17, 15) is 4.79 Å². The fraction of sp³-hybridized carbons (Fsp3) is 0.357. The molecule has 1 aromatic carbocycles. The van der Waals surface area contributed by atoms with Crippen molar-refractivity contribution >= 4 is 17.7 Å². The topological polar surface area (TPSA) is 68.0 Å². The number of aliphatic carboxylic acids is 1. The zero-order valence-electron chi connectivity index (χ0n) is 11.1. The highest BCUT2D eigenvalue weighted by Crippen LogP contribution is 2.52. The van der Waals surface area contributed by atoms with Crippen LogP contribution < -0.4 is 0 Å². The monoisotopic (exact) mass is 289 g/mol. The Labute approximate surface area is 121 Å². The number of carboxylic acids is 1. The molecule has 1 heterocycles. The minimum atomic E-state index is -0.844. The molecule has 0 unspecified atom stereocenters. The Morgan fingerprint density at radius 1 is 1.35 bits per heavy atom. The standard InChI is InChI=1S/C14H15N3O2S/c1-17-12(15-16-13(17)20-9-11(18)19)14(7-8-14)10-5-3-2-4-6-10/h2-6H,7-9H2,1H3,(H,18,19). The lowest BCUT2D eigenvalue weighted by Gasteiger charge is -2.15. The van der Waals surface area contributed by atoms with E-state index in [1.165, 1.54) is 17.3 Å². The van der Waals surface area contributed by atoms with Gasteiger partial charge in [-0.05, 0) is 18.4 Å². The number of hydrogen-bond donors (Lipinski definition) is 1. The third-order valence-electron chi connectivity index (χ3n) is 3.66. The van der Waals surface area contributed by atoms with Gasteiger partial charge in [0, 0.05) is 7.05 Å². The fourth-order valence-corrected chi connectivity index (χ4v) is 3.14. The summed E-state index contributed by atoms with van der Waals surface area (Å²) < 4.78 is 1.92. The second-order valence-electron chi connectivity index (χ2n) is 5.00. The zero-order valence-corrected chi connectivity index (χ0v) is 11.9. The molecule has 1 aliphatic rings. The quantitative estimate of drug-likeness (QED) is 0.853. The van der Waals surface area contributed by atoms with E-state index in [2.05, 4.69) is 22.3 Å². The predicted molar refractivity (Wildman–Crippen MR) is 75.8 cm³/mol. The molecule has 1 fully saturated rings. The number of thioether (sulfide) groups is 1. The van der Waals surface area contributed by atoms with Crippen LogP contribution in [0, 0.1) is 0 Å². The third kappa shape index (κ3) is 2.20. The Morgan fingerprint density at radius 2 is 2.05 bits per heavy atom. The largest absolute Gasteiger partial charge is 0.481 e. The minimum Gasteiger partial charge on any atom is -0.481 e. The lowest BCUT2D eigenvalue weighted by atomic mass is 9.95. The summed E-state index contributed by atoms with van der Waals surface area (Å²) in [6.45, 7) is 0. The first kappa shape index (κ1) is 13.2. The molecule has 1 aliphatic carbocycles. The lowest BCUT2D eigenvalue weighted by Crippen LogP contribution is -2.15. The van der Waals surface area contributed by atoms with E-state index in [0.717, 1.165) is 18.7 Å². The SMILES string of the molecule is Cn1c(SCC(=O)O)nnc1C1(c2ccccc2)CC1. The van der Waals surface area contributed by atoms with Gasteiger partial charge < -0.3 is 9.67 Å². The van der Waals surface area contributed by atoms with Gasteiger partial charge in [0.15, 0.2) is 5.16 Å². The van der Waals surface area contributed by atoms with Crippen molar-refractivity contribution in [3.63, 3.8) is 0 Å². The van der Waals surface area contributed by atoms with Crippen molar-refractivity contribution in [3.05, 3.63) is 41.7 Å². The van der Waals surface area contributed by atoms with E-state index in [4.69, 9.17) is 5.11 Å². The molecule has 0 radical (unpaired) electrons. The smallest absolute Gasteiger partial charge is 0.313 e. The first-order chi connectivity index (χ1) is 9.63. The van der Waals surface area contributed by atoms with E-state index in [1.54, 1.807) is 0 Å². The van der Waals surface area contributed by atoms with Gasteiger partial charge in [-0.2, -0.15) is 0 Å². The van der Waals surface area contributed by atoms with E-state index < -0.39 is 5.97 Å². The molecule has 1 saturated carbocycles. The summed E-state index contributed by atoms with van der Waals surface area (Å²) in [6, 6.07) is 10.3. The normalized spacial score (nSPS) is 16.1. The van der Waals surface area contributed by atoms with Gasteiger partial charge in [0.2, 0.25) is 0 Å². The first-order valence-corrected chi connectivity index (χ1v) is 7.42. The zero-order chi connectivity index (χ0) is 14.2. The van der Waals surface area contributed by atoms with Crippen LogP contribution in [-0.4, -0.2) is 31.6 Å². The Kier molecular flexibility index (Phi) is 3.25. The Bertz CT molecular complexity index is 635. The molecule has 6 heteroatoms. The molecular weight excluding hydrogens is 274 g/mol. The molecule has 0 bridgehead atoms. The van der Waals surface area contributed by atoms with Crippen LogP contribution in [0.1, 0.15) is 24.2 Å². The van der Waals surface area contributed by atoms with Crippen molar-refractivity contribution in [2.75, 3.05) is 5.75 Å². The molecule has 104 valence electrons. The highest BCUT2D eigenvalue weighted by Gasteiger charge is 2.49. The van der Waals surface area contributed by atoms with E-state index >= 15 is 0 Å². The molecule has 5 nitrogen and oxygen atoms in total. The van der Waals surface area contributed by atoms with Gasteiger partial charge in [0.1, 0.15) is 5.82 Å². The minimum absolute atomic E-state index is 0.00428. The summed E-state index contributed by atoms with van der Waals surface area (Å²) in [5, 5.41) is 17.8. The van der Waals surface area contributed by atoms with Crippen LogP contribution in [0.3, 0.4) is 0 Å². The highest BCUT2D eigenvalue weighted by atomic mass is 32.2. The second-order valence-corrected chi connectivity index (χ2v) is 5.94. The maximum atomic E-state index is 10.6. The van der Waals surface area contributed by atoms with Crippen molar-refractivity contribution in [2.45, 2.75) is 23.4 Å². The van der Waals surface area contributed by atoms with Gasteiger partial charge in [-0.15, -0.1) is 10.2 Å². The van der Waals surface area contributed by atoms with Crippen LogP contribution in [-0.2, 0) is 17.3 Å². The van der Waals surface area contributed by atoms with Crippen molar-refractivity contribution in [1.29, 1.82) is 0 Å². The molecule has 0 spiro atoms. The maximum Gasteiger partial charge on any atom is 0.313 e. The average Bonchev–Trinajstić information content (AvgIpc) is 3.17. The predicted octanol–water partition coefficient (Wildman–Crippen LogP) is 2.07. The van der Waals surface area contributed by atoms with Crippen molar-refractivity contribution < 1.29 is 9.90 Å². The second kappa shape index (κ2) is 4.94. The van der Waals surface area contributed by atoms with Gasteiger partial charge in [-0.25, -0.2) is 0 Å². The Hall–Kier alpha value is -1.82. The summed E-state index contributed by atoms with van der Waals surface area (Å²) in [5.41, 5.74) is 1.22. The molecule has 1 aromatic heterocycles. The summed E-state index contributed by atoms with van der Waals surface area (Å²) in [5.74, 6) is 0.0879. The van der Waals surface area contributed by atoms with E-state index in [0.29, 0.717) is 5.16 Å². The van der Waals surface area contributed by atoms with Crippen molar-refractivity contribution in [2.24, 2.45) is 7.05 Å². The van der Waals surface area contributed by atoms with Gasteiger partial charge in [0.05, 0.1) is 11.2 Å². The van der Waals surface area contributed by atoms with Crippen LogP contribution in [0.25, 0.3) is 0 Å². The molecule has 2 aromatic rings. The number of carbonyl (C=O) groups is 1. The van der Waals surface area contributed by atoms with Gasteiger partial charge in [-0.3, -0.25) is 4.79 Å². The summed E-state index contributed by atoms with van der Waals surface area (Å²) >= 11 is 1.20. The lowest BCUT2D eigenvalue weighted by molar-refractivity contribution is -0.133. The van der Waals surface area contributed by atoms with Crippen LogP contribution in [0.5, 0.6) is 0 Å². The summed E-state index contributed by atoms with van der Waals surface area (Å²) in [6.07, 6.45) is 2.12. The molecule has 0 aliphatic heterocycles. The van der Waals surface area contributed by atoms with Crippen LogP contribution in [0.2, 0.25) is 0 Å². The molecular formula is C14H15N3O2S. The van der Waals surface area contributed by atoms with E-state index in [-0.39, 0.29) is 11.2 Å². The molecule has 1 N–H and O–H groups in total. The number of rotatable bonds is 5.